The highest BCUT2D eigenvalue weighted by Crippen LogP contribution is 2.38. The van der Waals surface area contributed by atoms with Gasteiger partial charge in [0.25, 0.3) is 0 Å². The summed E-state index contributed by atoms with van der Waals surface area (Å²) in [6, 6.07) is 8.45. The molecule has 0 bridgehead atoms. The van der Waals surface area contributed by atoms with Crippen molar-refractivity contribution < 1.29 is 9.31 Å². The Morgan fingerprint density at radius 3 is 1.95 bits per heavy atom. The van der Waals surface area contributed by atoms with Gasteiger partial charge in [0.15, 0.2) is 0 Å². The Morgan fingerprint density at radius 1 is 0.952 bits per heavy atom. The van der Waals surface area contributed by atoms with Crippen molar-refractivity contribution in [1.82, 2.24) is 4.72 Å². The van der Waals surface area contributed by atoms with Crippen LogP contribution in [0, 0.1) is 0 Å². The van der Waals surface area contributed by atoms with E-state index in [9.17, 15) is 0 Å². The lowest BCUT2D eigenvalue weighted by atomic mass is 9.79. The van der Waals surface area contributed by atoms with Crippen LogP contribution >= 0.6 is 11.9 Å². The van der Waals surface area contributed by atoms with Crippen LogP contribution in [0.15, 0.2) is 29.2 Å². The molecule has 0 amide bonds. The smallest absolute Gasteiger partial charge is 0.399 e. The third kappa shape index (κ3) is 3.16. The molecule has 3 rings (SSSR count). The zero-order valence-corrected chi connectivity index (χ0v) is 14.3. The van der Waals surface area contributed by atoms with Crippen molar-refractivity contribution in [2.24, 2.45) is 0 Å². The first-order chi connectivity index (χ1) is 9.71. The SMILES string of the molecule is CC1(NSc2ccc(B3OC(C)(C)C(C)(C)O3)cc2)CC1. The molecule has 1 aliphatic heterocycles. The van der Waals surface area contributed by atoms with Gasteiger partial charge in [-0.1, -0.05) is 12.1 Å². The molecule has 1 aromatic rings. The molecule has 1 saturated carbocycles. The van der Waals surface area contributed by atoms with Gasteiger partial charge in [0.2, 0.25) is 0 Å². The predicted molar refractivity (Wildman–Crippen MR) is 88.8 cm³/mol. The minimum atomic E-state index is -0.285. The second kappa shape index (κ2) is 5.02. The predicted octanol–water partition coefficient (Wildman–Crippen LogP) is 3.14. The van der Waals surface area contributed by atoms with Gasteiger partial charge >= 0.3 is 7.12 Å². The first-order valence-corrected chi connectivity index (χ1v) is 8.42. The zero-order valence-electron chi connectivity index (χ0n) is 13.5. The van der Waals surface area contributed by atoms with Crippen LogP contribution in [-0.2, 0) is 9.31 Å². The van der Waals surface area contributed by atoms with E-state index in [-0.39, 0.29) is 18.3 Å². The van der Waals surface area contributed by atoms with E-state index in [1.165, 1.54) is 17.7 Å². The Balaban J connectivity index is 1.65. The third-order valence-corrected chi connectivity index (χ3v) is 5.92. The van der Waals surface area contributed by atoms with Crippen molar-refractivity contribution in [2.45, 2.75) is 69.1 Å². The summed E-state index contributed by atoms with van der Waals surface area (Å²) in [6.07, 6.45) is 2.54. The van der Waals surface area contributed by atoms with Crippen LogP contribution in [0.5, 0.6) is 0 Å². The molecule has 1 saturated heterocycles. The summed E-state index contributed by atoms with van der Waals surface area (Å²) in [5.41, 5.74) is 0.853. The van der Waals surface area contributed by atoms with Gasteiger partial charge in [-0.25, -0.2) is 0 Å². The van der Waals surface area contributed by atoms with Gasteiger partial charge in [-0.05, 0) is 77.0 Å². The highest BCUT2D eigenvalue weighted by atomic mass is 32.2. The Hall–Kier alpha value is -0.485. The molecule has 1 heterocycles. The van der Waals surface area contributed by atoms with Crippen LogP contribution < -0.4 is 10.2 Å². The van der Waals surface area contributed by atoms with E-state index in [4.69, 9.17) is 9.31 Å². The van der Waals surface area contributed by atoms with Crippen LogP contribution in [0.1, 0.15) is 47.5 Å². The van der Waals surface area contributed by atoms with Gasteiger partial charge in [0, 0.05) is 10.4 Å². The first-order valence-electron chi connectivity index (χ1n) is 7.61. The van der Waals surface area contributed by atoms with Crippen molar-refractivity contribution >= 4 is 24.5 Å². The second-order valence-electron chi connectivity index (χ2n) is 7.42. The monoisotopic (exact) mass is 305 g/mol. The third-order valence-electron chi connectivity index (χ3n) is 4.82. The lowest BCUT2D eigenvalue weighted by Crippen LogP contribution is -2.41. The second-order valence-corrected chi connectivity index (χ2v) is 8.30. The normalized spacial score (nSPS) is 25.1. The Labute approximate surface area is 132 Å². The van der Waals surface area contributed by atoms with Gasteiger partial charge in [-0.15, -0.1) is 0 Å². The molecule has 0 atom stereocenters. The van der Waals surface area contributed by atoms with E-state index < -0.39 is 0 Å². The maximum Gasteiger partial charge on any atom is 0.494 e. The number of rotatable bonds is 4. The molecule has 1 aromatic carbocycles. The van der Waals surface area contributed by atoms with Crippen LogP contribution in [0.4, 0.5) is 0 Å². The largest absolute Gasteiger partial charge is 0.494 e. The van der Waals surface area contributed by atoms with E-state index in [0.29, 0.717) is 5.54 Å². The molecule has 0 unspecified atom stereocenters. The molecular weight excluding hydrogens is 281 g/mol. The van der Waals surface area contributed by atoms with Gasteiger partial charge < -0.3 is 9.31 Å². The standard InChI is InChI=1S/C16H24BNO2S/c1-14(2)15(3,4)20-17(19-14)12-6-8-13(9-7-12)21-18-16(5)10-11-16/h6-9,18H,10-11H2,1-5H3. The molecule has 1 N–H and O–H groups in total. The van der Waals surface area contributed by atoms with Crippen LogP contribution in [0.3, 0.4) is 0 Å². The molecule has 21 heavy (non-hydrogen) atoms. The fourth-order valence-corrected chi connectivity index (χ4v) is 2.98. The van der Waals surface area contributed by atoms with E-state index in [1.807, 2.05) is 0 Å². The fourth-order valence-electron chi connectivity index (χ4n) is 2.14. The number of hydrogen-bond donors (Lipinski definition) is 1. The summed E-state index contributed by atoms with van der Waals surface area (Å²) in [4.78, 5) is 1.23. The Kier molecular flexibility index (Phi) is 3.68. The van der Waals surface area contributed by atoms with Gasteiger partial charge in [0.1, 0.15) is 0 Å². The highest BCUT2D eigenvalue weighted by Gasteiger charge is 2.51. The van der Waals surface area contributed by atoms with E-state index >= 15 is 0 Å². The molecule has 2 aliphatic rings. The summed E-state index contributed by atoms with van der Waals surface area (Å²) < 4.78 is 15.7. The maximum atomic E-state index is 6.07. The molecule has 1 aliphatic carbocycles. The Bertz CT molecular complexity index is 510. The topological polar surface area (TPSA) is 30.5 Å². The average Bonchev–Trinajstić information content (AvgIpc) is 3.09. The summed E-state index contributed by atoms with van der Waals surface area (Å²) >= 11 is 1.71. The van der Waals surface area contributed by atoms with Gasteiger partial charge in [-0.2, -0.15) is 0 Å². The van der Waals surface area contributed by atoms with Crippen LogP contribution in [0.2, 0.25) is 0 Å². The lowest BCUT2D eigenvalue weighted by molar-refractivity contribution is 0.00578. The van der Waals surface area contributed by atoms with Crippen molar-refractivity contribution in [2.75, 3.05) is 0 Å². The molecule has 0 aromatic heterocycles. The zero-order chi connectivity index (χ0) is 15.3. The molecular formula is C16H24BNO2S. The number of hydrogen-bond acceptors (Lipinski definition) is 4. The molecule has 0 radical (unpaired) electrons. The minimum absolute atomic E-state index is 0.275. The van der Waals surface area contributed by atoms with E-state index in [0.717, 1.165) is 5.46 Å². The van der Waals surface area contributed by atoms with Gasteiger partial charge in [-0.3, -0.25) is 4.72 Å². The summed E-state index contributed by atoms with van der Waals surface area (Å²) in [5, 5.41) is 0. The number of benzene rings is 1. The number of nitrogens with one attached hydrogen (secondary N) is 1. The fraction of sp³-hybridized carbons (Fsp3) is 0.625. The van der Waals surface area contributed by atoms with Crippen molar-refractivity contribution in [3.63, 3.8) is 0 Å². The highest BCUT2D eigenvalue weighted by molar-refractivity contribution is 7.97. The molecule has 0 spiro atoms. The Morgan fingerprint density at radius 2 is 1.48 bits per heavy atom. The summed E-state index contributed by atoms with van der Waals surface area (Å²) in [5.74, 6) is 0. The average molecular weight is 305 g/mol. The molecule has 3 nitrogen and oxygen atoms in total. The van der Waals surface area contributed by atoms with Crippen molar-refractivity contribution in [1.29, 1.82) is 0 Å². The molecule has 5 heteroatoms. The summed E-state index contributed by atoms with van der Waals surface area (Å²) in [7, 11) is -0.275. The maximum absolute atomic E-state index is 6.07. The van der Waals surface area contributed by atoms with Crippen LogP contribution in [0.25, 0.3) is 0 Å². The lowest BCUT2D eigenvalue weighted by Gasteiger charge is -2.32. The molecule has 2 fully saturated rings. The first kappa shape index (κ1) is 15.4. The minimum Gasteiger partial charge on any atom is -0.399 e. The quantitative estimate of drug-likeness (QED) is 0.684. The van der Waals surface area contributed by atoms with Crippen LogP contribution in [-0.4, -0.2) is 23.9 Å². The van der Waals surface area contributed by atoms with Gasteiger partial charge in [0.05, 0.1) is 11.2 Å². The van der Waals surface area contributed by atoms with E-state index in [2.05, 4.69) is 63.6 Å². The van der Waals surface area contributed by atoms with Crippen molar-refractivity contribution in [3.05, 3.63) is 24.3 Å². The summed E-state index contributed by atoms with van der Waals surface area (Å²) in [6.45, 7) is 10.6. The van der Waals surface area contributed by atoms with E-state index in [1.54, 1.807) is 11.9 Å². The van der Waals surface area contributed by atoms with Crippen molar-refractivity contribution in [3.8, 4) is 0 Å². The molecule has 114 valence electrons.